The quantitative estimate of drug-likeness (QED) is 0.408. The van der Waals surface area contributed by atoms with Gasteiger partial charge in [0, 0.05) is 0 Å². The highest BCUT2D eigenvalue weighted by Gasteiger charge is 2.44. The summed E-state index contributed by atoms with van der Waals surface area (Å²) in [5.41, 5.74) is 1.29. The van der Waals surface area contributed by atoms with Gasteiger partial charge in [0.15, 0.2) is 0 Å². The van der Waals surface area contributed by atoms with Crippen LogP contribution < -0.4 is 0 Å². The number of allylic oxidation sites excluding steroid dienone is 3. The van der Waals surface area contributed by atoms with Crippen molar-refractivity contribution in [2.75, 3.05) is 6.61 Å². The predicted molar refractivity (Wildman–Crippen MR) is 81.8 cm³/mol. The summed E-state index contributed by atoms with van der Waals surface area (Å²) in [4.78, 5) is 0. The first kappa shape index (κ1) is 19.1. The molecule has 0 aromatic carbocycles. The van der Waals surface area contributed by atoms with Crippen molar-refractivity contribution in [3.8, 4) is 0 Å². The van der Waals surface area contributed by atoms with Crippen LogP contribution in [0.25, 0.3) is 0 Å². The van der Waals surface area contributed by atoms with Crippen LogP contribution in [0.2, 0.25) is 0 Å². The smallest absolute Gasteiger partial charge is 0.228 e. The molecule has 6 nitrogen and oxygen atoms in total. The first-order valence-electron chi connectivity index (χ1n) is 7.62. The number of ether oxygens (including phenoxy) is 2. The Morgan fingerprint density at radius 2 is 1.86 bits per heavy atom. The summed E-state index contributed by atoms with van der Waals surface area (Å²) in [7, 11) is 0. The molecule has 0 aliphatic carbocycles. The summed E-state index contributed by atoms with van der Waals surface area (Å²) in [5.74, 6) is 0.292. The fourth-order valence-electron chi connectivity index (χ4n) is 2.17. The summed E-state index contributed by atoms with van der Waals surface area (Å²) < 4.78 is 10.5. The molecule has 1 aliphatic rings. The van der Waals surface area contributed by atoms with Crippen LogP contribution in [0.15, 0.2) is 24.0 Å². The molecule has 128 valence electrons. The van der Waals surface area contributed by atoms with E-state index >= 15 is 0 Å². The number of aliphatic hydroxyl groups excluding tert-OH is 4. The number of hydrogen-bond donors (Lipinski definition) is 4. The van der Waals surface area contributed by atoms with Crippen LogP contribution in [-0.2, 0) is 9.47 Å². The molecule has 0 spiro atoms. The lowest BCUT2D eigenvalue weighted by Crippen LogP contribution is -2.58. The average Bonchev–Trinajstić information content (AvgIpc) is 2.47. The van der Waals surface area contributed by atoms with Gasteiger partial charge in [-0.2, -0.15) is 0 Å². The SMILES string of the molecule is CC(C)=CCCC(C)/C=C/OC1O[C@H](CO)[C@@H](O)[C@H](O)[C@H]1O. The lowest BCUT2D eigenvalue weighted by atomic mass is 9.99. The highest BCUT2D eigenvalue weighted by Crippen LogP contribution is 2.22. The van der Waals surface area contributed by atoms with Crippen LogP contribution >= 0.6 is 0 Å². The zero-order valence-corrected chi connectivity index (χ0v) is 13.4. The van der Waals surface area contributed by atoms with Gasteiger partial charge in [-0.15, -0.1) is 0 Å². The Hall–Kier alpha value is -0.920. The molecule has 1 rings (SSSR count). The molecular weight excluding hydrogens is 288 g/mol. The second-order valence-corrected chi connectivity index (χ2v) is 6.00. The van der Waals surface area contributed by atoms with Crippen LogP contribution in [-0.4, -0.2) is 57.7 Å². The van der Waals surface area contributed by atoms with Crippen LogP contribution in [0.3, 0.4) is 0 Å². The van der Waals surface area contributed by atoms with Gasteiger partial charge >= 0.3 is 0 Å². The Balaban J connectivity index is 2.45. The monoisotopic (exact) mass is 316 g/mol. The molecule has 0 radical (unpaired) electrons. The van der Waals surface area contributed by atoms with Crippen molar-refractivity contribution in [2.24, 2.45) is 5.92 Å². The molecule has 1 aliphatic heterocycles. The fourth-order valence-corrected chi connectivity index (χ4v) is 2.17. The third-order valence-corrected chi connectivity index (χ3v) is 3.64. The molecule has 0 bridgehead atoms. The molecule has 2 unspecified atom stereocenters. The van der Waals surface area contributed by atoms with E-state index in [0.29, 0.717) is 5.92 Å². The Labute approximate surface area is 131 Å². The van der Waals surface area contributed by atoms with E-state index < -0.39 is 37.3 Å². The highest BCUT2D eigenvalue weighted by atomic mass is 16.7. The minimum Gasteiger partial charge on any atom is -0.470 e. The Kier molecular flexibility index (Phi) is 8.06. The highest BCUT2D eigenvalue weighted by molar-refractivity contribution is 4.94. The Morgan fingerprint density at radius 1 is 1.18 bits per heavy atom. The van der Waals surface area contributed by atoms with Crippen LogP contribution in [0.5, 0.6) is 0 Å². The molecule has 0 aromatic heterocycles. The maximum atomic E-state index is 9.81. The topological polar surface area (TPSA) is 99.4 Å². The fraction of sp³-hybridized carbons (Fsp3) is 0.750. The lowest BCUT2D eigenvalue weighted by Gasteiger charge is -2.39. The average molecular weight is 316 g/mol. The third kappa shape index (κ3) is 5.70. The van der Waals surface area contributed by atoms with E-state index in [0.717, 1.165) is 12.8 Å². The largest absolute Gasteiger partial charge is 0.470 e. The molecule has 4 N–H and O–H groups in total. The molecule has 22 heavy (non-hydrogen) atoms. The second kappa shape index (κ2) is 9.27. The van der Waals surface area contributed by atoms with Gasteiger partial charge in [-0.3, -0.25) is 0 Å². The van der Waals surface area contributed by atoms with E-state index in [4.69, 9.17) is 14.6 Å². The predicted octanol–water partition coefficient (Wildman–Crippen LogP) is 0.699. The Morgan fingerprint density at radius 3 is 2.45 bits per heavy atom. The maximum absolute atomic E-state index is 9.81. The molecule has 0 aromatic rings. The first-order chi connectivity index (χ1) is 10.4. The van der Waals surface area contributed by atoms with E-state index in [-0.39, 0.29) is 0 Å². The van der Waals surface area contributed by atoms with Crippen molar-refractivity contribution in [3.63, 3.8) is 0 Å². The molecule has 1 fully saturated rings. The van der Waals surface area contributed by atoms with Crippen LogP contribution in [0, 0.1) is 5.92 Å². The number of hydrogen-bond acceptors (Lipinski definition) is 6. The van der Waals surface area contributed by atoms with E-state index in [2.05, 4.69) is 19.9 Å². The van der Waals surface area contributed by atoms with Gasteiger partial charge in [-0.05, 0) is 38.7 Å². The van der Waals surface area contributed by atoms with Gasteiger partial charge in [-0.25, -0.2) is 0 Å². The number of aliphatic hydroxyl groups is 4. The molecule has 1 heterocycles. The molecule has 0 amide bonds. The summed E-state index contributed by atoms with van der Waals surface area (Å²) in [6.07, 6.45) is 1.18. The van der Waals surface area contributed by atoms with Gasteiger partial charge < -0.3 is 29.9 Å². The Bertz CT molecular complexity index is 375. The molecule has 1 saturated heterocycles. The molecule has 6 heteroatoms. The zero-order chi connectivity index (χ0) is 16.7. The van der Waals surface area contributed by atoms with E-state index in [1.54, 1.807) is 0 Å². The molecule has 6 atom stereocenters. The van der Waals surface area contributed by atoms with Crippen molar-refractivity contribution >= 4 is 0 Å². The van der Waals surface area contributed by atoms with E-state index in [9.17, 15) is 15.3 Å². The summed E-state index contributed by atoms with van der Waals surface area (Å²) in [5, 5.41) is 38.2. The molecule has 0 saturated carbocycles. The normalized spacial score (nSPS) is 33.7. The van der Waals surface area contributed by atoms with Crippen molar-refractivity contribution in [1.29, 1.82) is 0 Å². The summed E-state index contributed by atoms with van der Waals surface area (Å²) in [6.45, 7) is 5.70. The first-order valence-corrected chi connectivity index (χ1v) is 7.62. The van der Waals surface area contributed by atoms with Gasteiger partial charge in [0.2, 0.25) is 6.29 Å². The van der Waals surface area contributed by atoms with Crippen LogP contribution in [0.4, 0.5) is 0 Å². The number of rotatable bonds is 7. The van der Waals surface area contributed by atoms with E-state index in [1.807, 2.05) is 13.0 Å². The van der Waals surface area contributed by atoms with Crippen molar-refractivity contribution in [3.05, 3.63) is 24.0 Å². The third-order valence-electron chi connectivity index (χ3n) is 3.64. The van der Waals surface area contributed by atoms with Crippen molar-refractivity contribution in [2.45, 2.75) is 64.3 Å². The van der Waals surface area contributed by atoms with Gasteiger partial charge in [0.1, 0.15) is 24.4 Å². The summed E-state index contributed by atoms with van der Waals surface area (Å²) >= 11 is 0. The van der Waals surface area contributed by atoms with E-state index in [1.165, 1.54) is 11.8 Å². The second-order valence-electron chi connectivity index (χ2n) is 6.00. The summed E-state index contributed by atoms with van der Waals surface area (Å²) in [6, 6.07) is 0. The van der Waals surface area contributed by atoms with Crippen molar-refractivity contribution in [1.82, 2.24) is 0 Å². The minimum absolute atomic E-state index is 0.292. The van der Waals surface area contributed by atoms with Crippen molar-refractivity contribution < 1.29 is 29.9 Å². The maximum Gasteiger partial charge on any atom is 0.228 e. The van der Waals surface area contributed by atoms with Gasteiger partial charge in [0.05, 0.1) is 12.9 Å². The minimum atomic E-state index is -1.42. The standard InChI is InChI=1S/C16H28O6/c1-10(2)5-4-6-11(3)7-8-21-16-15(20)14(19)13(18)12(9-17)22-16/h5,7-8,11-20H,4,6,9H2,1-3H3/b8-7+/t11?,12-,13-,14+,15-,16?/m1/s1. The van der Waals surface area contributed by atoms with Gasteiger partial charge in [-0.1, -0.05) is 18.6 Å². The van der Waals surface area contributed by atoms with Gasteiger partial charge in [0.25, 0.3) is 0 Å². The van der Waals surface area contributed by atoms with Crippen LogP contribution in [0.1, 0.15) is 33.6 Å². The molecular formula is C16H28O6. The zero-order valence-electron chi connectivity index (χ0n) is 13.4. The lowest BCUT2D eigenvalue weighted by molar-refractivity contribution is -0.288.